The fraction of sp³-hybridized carbons (Fsp3) is 0.462. The molecule has 0 radical (unpaired) electrons. The van der Waals surface area contributed by atoms with Crippen LogP contribution in [-0.2, 0) is 16.8 Å². The lowest BCUT2D eigenvalue weighted by Gasteiger charge is -2.55. The normalized spacial score (nSPS) is 17.8. The summed E-state index contributed by atoms with van der Waals surface area (Å²) in [6.45, 7) is 8.80. The maximum absolute atomic E-state index is 12.4. The lowest BCUT2D eigenvalue weighted by molar-refractivity contribution is -0.127. The Morgan fingerprint density at radius 2 is 1.88 bits per heavy atom. The Bertz CT molecular complexity index is 1050. The fourth-order valence-electron chi connectivity index (χ4n) is 4.98. The average Bonchev–Trinajstić information content (AvgIpc) is 3.25. The number of likely N-dealkylation sites (tertiary alicyclic amines) is 1. The van der Waals surface area contributed by atoms with Gasteiger partial charge in [-0.2, -0.15) is 5.10 Å². The molecule has 0 bridgehead atoms. The van der Waals surface area contributed by atoms with Gasteiger partial charge in [-0.05, 0) is 48.2 Å². The molecule has 3 aromatic rings. The van der Waals surface area contributed by atoms with Crippen molar-refractivity contribution in [2.75, 3.05) is 33.9 Å². The third-order valence-corrected chi connectivity index (χ3v) is 6.78. The summed E-state index contributed by atoms with van der Waals surface area (Å²) in [6, 6.07) is 12.4. The van der Waals surface area contributed by atoms with Crippen LogP contribution in [0.15, 0.2) is 55.0 Å². The van der Waals surface area contributed by atoms with E-state index in [1.54, 1.807) is 13.3 Å². The zero-order chi connectivity index (χ0) is 22.9. The van der Waals surface area contributed by atoms with Gasteiger partial charge in [0, 0.05) is 43.6 Å². The van der Waals surface area contributed by atoms with Crippen LogP contribution in [-0.4, -0.2) is 58.6 Å². The smallest absolute Gasteiger partial charge is 0.159 e. The lowest BCUT2D eigenvalue weighted by Crippen LogP contribution is -2.63. The van der Waals surface area contributed by atoms with Crippen LogP contribution in [0, 0.1) is 5.41 Å². The van der Waals surface area contributed by atoms with Crippen molar-refractivity contribution in [3.63, 3.8) is 0 Å². The quantitative estimate of drug-likeness (QED) is 0.585. The first-order chi connectivity index (χ1) is 15.3. The van der Waals surface area contributed by atoms with E-state index in [1.165, 1.54) is 11.1 Å². The number of aliphatic hydroxyl groups is 1. The van der Waals surface area contributed by atoms with Crippen LogP contribution in [0.25, 0.3) is 5.82 Å². The Balaban J connectivity index is 1.75. The average molecular weight is 435 g/mol. The molecule has 1 N–H and O–H groups in total. The van der Waals surface area contributed by atoms with E-state index >= 15 is 0 Å². The summed E-state index contributed by atoms with van der Waals surface area (Å²) in [5, 5.41) is 21.0. The predicted octanol–water partition coefficient (Wildman–Crippen LogP) is 3.77. The Labute approximate surface area is 190 Å². The van der Waals surface area contributed by atoms with Gasteiger partial charge in [-0.25, -0.2) is 0 Å². The highest BCUT2D eigenvalue weighted by Crippen LogP contribution is 2.50. The highest BCUT2D eigenvalue weighted by Gasteiger charge is 2.55. The Kier molecular flexibility index (Phi) is 6.21. The number of nitrogens with zero attached hydrogens (tertiary/aromatic N) is 4. The number of hydrogen-bond donors (Lipinski definition) is 1. The van der Waals surface area contributed by atoms with Gasteiger partial charge in [0.25, 0.3) is 0 Å². The van der Waals surface area contributed by atoms with Crippen molar-refractivity contribution in [1.82, 2.24) is 19.7 Å². The molecule has 0 amide bonds. The summed E-state index contributed by atoms with van der Waals surface area (Å²) in [6.07, 6.45) is 6.57. The number of aromatic nitrogens is 3. The summed E-state index contributed by atoms with van der Waals surface area (Å²) in [5.74, 6) is 1.14. The molecule has 1 fully saturated rings. The molecule has 0 aliphatic carbocycles. The minimum Gasteiger partial charge on any atom is -0.384 e. The molecule has 0 spiro atoms. The highest BCUT2D eigenvalue weighted by molar-refractivity contribution is 5.43. The minimum absolute atomic E-state index is 0.332. The van der Waals surface area contributed by atoms with E-state index in [4.69, 9.17) is 4.74 Å². The predicted molar refractivity (Wildman–Crippen MR) is 126 cm³/mol. The van der Waals surface area contributed by atoms with E-state index in [9.17, 15) is 5.11 Å². The maximum Gasteiger partial charge on any atom is 0.159 e. The number of hydrogen-bond acceptors (Lipinski definition) is 5. The van der Waals surface area contributed by atoms with E-state index in [0.717, 1.165) is 30.6 Å². The molecule has 1 aliphatic rings. The molecule has 6 heteroatoms. The monoisotopic (exact) mass is 434 g/mol. The van der Waals surface area contributed by atoms with Crippen LogP contribution >= 0.6 is 0 Å². The molecule has 0 saturated carbocycles. The van der Waals surface area contributed by atoms with Crippen molar-refractivity contribution < 1.29 is 9.84 Å². The maximum atomic E-state index is 12.4. The Morgan fingerprint density at radius 1 is 1.16 bits per heavy atom. The van der Waals surface area contributed by atoms with Gasteiger partial charge in [0.15, 0.2) is 5.82 Å². The first-order valence-corrected chi connectivity index (χ1v) is 11.3. The van der Waals surface area contributed by atoms with Gasteiger partial charge in [0.2, 0.25) is 0 Å². The molecule has 6 nitrogen and oxygen atoms in total. The first kappa shape index (κ1) is 22.6. The number of benzene rings is 1. The van der Waals surface area contributed by atoms with Gasteiger partial charge in [-0.1, -0.05) is 45.0 Å². The topological polar surface area (TPSA) is 63.4 Å². The molecule has 1 saturated heterocycles. The van der Waals surface area contributed by atoms with E-state index < -0.39 is 5.60 Å². The third kappa shape index (κ3) is 3.98. The second-order valence-electron chi connectivity index (χ2n) is 9.69. The molecular weight excluding hydrogens is 400 g/mol. The van der Waals surface area contributed by atoms with Crippen LogP contribution in [0.5, 0.6) is 0 Å². The van der Waals surface area contributed by atoms with Crippen LogP contribution in [0.3, 0.4) is 0 Å². The lowest BCUT2D eigenvalue weighted by atomic mass is 9.62. The summed E-state index contributed by atoms with van der Waals surface area (Å²) >= 11 is 0. The van der Waals surface area contributed by atoms with Crippen molar-refractivity contribution in [2.24, 2.45) is 5.41 Å². The molecule has 3 heterocycles. The summed E-state index contributed by atoms with van der Waals surface area (Å²) in [7, 11) is 3.79. The Hall–Kier alpha value is -2.54. The second kappa shape index (κ2) is 8.77. The largest absolute Gasteiger partial charge is 0.384 e. The highest BCUT2D eigenvalue weighted by atomic mass is 16.5. The van der Waals surface area contributed by atoms with Crippen LogP contribution in [0.4, 0.5) is 0 Å². The molecule has 32 heavy (non-hydrogen) atoms. The van der Waals surface area contributed by atoms with Gasteiger partial charge in [-0.15, -0.1) is 5.10 Å². The standard InChI is InChI=1S/C26H34N4O2/c1-19(2)21-6-8-22(9-7-21)26(31,25(3)17-29(4)18-25)23-14-24(28-27-15-23)30-12-10-20(16-30)11-13-32-5/h6-10,12,14-16,19,31H,11,13,17-18H2,1-5H3/t26-/m0/s1. The van der Waals surface area contributed by atoms with Crippen molar-refractivity contribution in [1.29, 1.82) is 0 Å². The van der Waals surface area contributed by atoms with Crippen LogP contribution < -0.4 is 0 Å². The molecule has 4 rings (SSSR count). The van der Waals surface area contributed by atoms with Crippen molar-refractivity contribution in [3.05, 3.63) is 77.2 Å². The summed E-state index contributed by atoms with van der Waals surface area (Å²) in [5.41, 5.74) is 2.59. The van der Waals surface area contributed by atoms with Gasteiger partial charge >= 0.3 is 0 Å². The summed E-state index contributed by atoms with van der Waals surface area (Å²) in [4.78, 5) is 2.23. The molecule has 1 atom stereocenters. The van der Waals surface area contributed by atoms with Gasteiger partial charge < -0.3 is 19.3 Å². The number of ether oxygens (including phenoxy) is 1. The van der Waals surface area contributed by atoms with E-state index in [0.29, 0.717) is 18.3 Å². The van der Waals surface area contributed by atoms with E-state index in [2.05, 4.69) is 73.2 Å². The molecular formula is C26H34N4O2. The van der Waals surface area contributed by atoms with Gasteiger partial charge in [0.1, 0.15) is 5.60 Å². The van der Waals surface area contributed by atoms with Crippen molar-refractivity contribution in [2.45, 2.75) is 38.7 Å². The van der Waals surface area contributed by atoms with Crippen LogP contribution in [0.1, 0.15) is 48.9 Å². The first-order valence-electron chi connectivity index (χ1n) is 11.3. The fourth-order valence-corrected chi connectivity index (χ4v) is 4.98. The zero-order valence-electron chi connectivity index (χ0n) is 19.7. The zero-order valence-corrected chi connectivity index (χ0v) is 19.7. The number of methoxy groups -OCH3 is 1. The molecule has 0 unspecified atom stereocenters. The molecule has 170 valence electrons. The van der Waals surface area contributed by atoms with Gasteiger partial charge in [-0.3, -0.25) is 0 Å². The van der Waals surface area contributed by atoms with E-state index in [-0.39, 0.29) is 5.41 Å². The molecule has 2 aromatic heterocycles. The van der Waals surface area contributed by atoms with E-state index in [1.807, 2.05) is 23.0 Å². The minimum atomic E-state index is -1.17. The molecule has 1 aliphatic heterocycles. The second-order valence-corrected chi connectivity index (χ2v) is 9.69. The number of rotatable bonds is 8. The SMILES string of the molecule is COCCc1ccn(-c2cc([C@@](O)(c3ccc(C(C)C)cc3)C3(C)CN(C)C3)cnn2)c1. The van der Waals surface area contributed by atoms with Crippen LogP contribution in [0.2, 0.25) is 0 Å². The van der Waals surface area contributed by atoms with Crippen molar-refractivity contribution in [3.8, 4) is 5.82 Å². The molecule has 1 aromatic carbocycles. The van der Waals surface area contributed by atoms with Gasteiger partial charge in [0.05, 0.1) is 12.8 Å². The summed E-state index contributed by atoms with van der Waals surface area (Å²) < 4.78 is 7.14. The van der Waals surface area contributed by atoms with Crippen molar-refractivity contribution >= 4 is 0 Å². The Morgan fingerprint density at radius 3 is 2.50 bits per heavy atom. The third-order valence-electron chi connectivity index (χ3n) is 6.78.